The zero-order chi connectivity index (χ0) is 14.7. The molecule has 2 aromatic rings. The summed E-state index contributed by atoms with van der Waals surface area (Å²) in [6.07, 6.45) is 0. The molecule has 0 aromatic heterocycles. The van der Waals surface area contributed by atoms with Crippen LogP contribution in [0.2, 0.25) is 0 Å². The van der Waals surface area contributed by atoms with E-state index < -0.39 is 29.6 Å². The highest BCUT2D eigenvalue weighted by molar-refractivity contribution is 9.10. The molecule has 2 aromatic carbocycles. The van der Waals surface area contributed by atoms with Gasteiger partial charge < -0.3 is 4.74 Å². The lowest BCUT2D eigenvalue weighted by atomic mass is 10.1. The summed E-state index contributed by atoms with van der Waals surface area (Å²) in [5, 5.41) is 0. The van der Waals surface area contributed by atoms with Crippen LogP contribution in [0.5, 0.6) is 5.75 Å². The standard InChI is InChI=1S/C15H11BrF2O2/c1-9-5-6-10(16)7-14(9)20-8-13(19)15-11(17)3-2-4-12(15)18/h2-7H,8H2,1H3. The van der Waals surface area contributed by atoms with Crippen LogP contribution in [-0.4, -0.2) is 12.4 Å². The third-order valence-electron chi connectivity index (χ3n) is 2.75. The maximum Gasteiger partial charge on any atom is 0.206 e. The molecule has 0 saturated heterocycles. The summed E-state index contributed by atoms with van der Waals surface area (Å²) >= 11 is 3.29. The Bertz CT molecular complexity index is 636. The zero-order valence-corrected chi connectivity index (χ0v) is 12.2. The van der Waals surface area contributed by atoms with Crippen molar-refractivity contribution in [2.45, 2.75) is 6.92 Å². The van der Waals surface area contributed by atoms with Crippen molar-refractivity contribution < 1.29 is 18.3 Å². The third kappa shape index (κ3) is 3.22. The first-order chi connectivity index (χ1) is 9.49. The maximum absolute atomic E-state index is 13.4. The molecule has 0 saturated carbocycles. The number of Topliss-reactive ketones (excluding diaryl/α,β-unsaturated/α-hetero) is 1. The molecule has 2 rings (SSSR count). The second-order valence-electron chi connectivity index (χ2n) is 4.22. The molecule has 0 fully saturated rings. The molecular weight excluding hydrogens is 330 g/mol. The van der Waals surface area contributed by atoms with Crippen molar-refractivity contribution >= 4 is 21.7 Å². The second kappa shape index (κ2) is 6.13. The van der Waals surface area contributed by atoms with Crippen LogP contribution in [0, 0.1) is 18.6 Å². The Morgan fingerprint density at radius 2 is 1.85 bits per heavy atom. The van der Waals surface area contributed by atoms with Crippen molar-refractivity contribution in [3.05, 3.63) is 63.6 Å². The first kappa shape index (κ1) is 14.7. The lowest BCUT2D eigenvalue weighted by molar-refractivity contribution is 0.0912. The SMILES string of the molecule is Cc1ccc(Br)cc1OCC(=O)c1c(F)cccc1F. The normalized spacial score (nSPS) is 10.4. The predicted octanol–water partition coefficient (Wildman–Crippen LogP) is 4.30. The van der Waals surface area contributed by atoms with Crippen LogP contribution in [-0.2, 0) is 0 Å². The van der Waals surface area contributed by atoms with Crippen molar-refractivity contribution in [1.82, 2.24) is 0 Å². The number of benzene rings is 2. The Morgan fingerprint density at radius 1 is 1.20 bits per heavy atom. The van der Waals surface area contributed by atoms with Gasteiger partial charge in [0.15, 0.2) is 6.61 Å². The minimum atomic E-state index is -0.885. The van der Waals surface area contributed by atoms with E-state index in [1.807, 2.05) is 19.1 Å². The summed E-state index contributed by atoms with van der Waals surface area (Å²) in [5.74, 6) is -2.02. The summed E-state index contributed by atoms with van der Waals surface area (Å²) in [4.78, 5) is 11.8. The van der Waals surface area contributed by atoms with E-state index >= 15 is 0 Å². The predicted molar refractivity (Wildman–Crippen MR) is 75.1 cm³/mol. The van der Waals surface area contributed by atoms with Gasteiger partial charge in [0, 0.05) is 4.47 Å². The molecule has 20 heavy (non-hydrogen) atoms. The second-order valence-corrected chi connectivity index (χ2v) is 5.13. The molecule has 0 bridgehead atoms. The highest BCUT2D eigenvalue weighted by Gasteiger charge is 2.17. The number of rotatable bonds is 4. The van der Waals surface area contributed by atoms with Gasteiger partial charge in [-0.25, -0.2) is 8.78 Å². The van der Waals surface area contributed by atoms with Gasteiger partial charge in [-0.2, -0.15) is 0 Å². The molecule has 0 aliphatic heterocycles. The maximum atomic E-state index is 13.4. The van der Waals surface area contributed by atoms with Gasteiger partial charge in [0.1, 0.15) is 17.4 Å². The smallest absolute Gasteiger partial charge is 0.206 e. The number of carbonyl (C=O) groups excluding carboxylic acids is 1. The number of halogens is 3. The minimum absolute atomic E-state index is 0.421. The van der Waals surface area contributed by atoms with Gasteiger partial charge in [0.25, 0.3) is 0 Å². The van der Waals surface area contributed by atoms with Crippen molar-refractivity contribution in [1.29, 1.82) is 0 Å². The van der Waals surface area contributed by atoms with Crippen molar-refractivity contribution in [3.63, 3.8) is 0 Å². The van der Waals surface area contributed by atoms with Crippen LogP contribution < -0.4 is 4.74 Å². The molecule has 0 aliphatic carbocycles. The number of aryl methyl sites for hydroxylation is 1. The summed E-state index contributed by atoms with van der Waals surface area (Å²) < 4.78 is 33.0. The van der Waals surface area contributed by atoms with Crippen LogP contribution in [0.1, 0.15) is 15.9 Å². The molecule has 0 N–H and O–H groups in total. The van der Waals surface area contributed by atoms with Gasteiger partial charge in [0.2, 0.25) is 5.78 Å². The Kier molecular flexibility index (Phi) is 4.49. The van der Waals surface area contributed by atoms with E-state index in [-0.39, 0.29) is 0 Å². The van der Waals surface area contributed by atoms with E-state index in [9.17, 15) is 13.6 Å². The first-order valence-corrected chi connectivity index (χ1v) is 6.64. The fourth-order valence-corrected chi connectivity index (χ4v) is 2.05. The van der Waals surface area contributed by atoms with Crippen molar-refractivity contribution in [2.75, 3.05) is 6.61 Å². The molecule has 104 valence electrons. The molecule has 0 amide bonds. The van der Waals surface area contributed by atoms with Gasteiger partial charge in [-0.05, 0) is 36.8 Å². The van der Waals surface area contributed by atoms with E-state index in [0.29, 0.717) is 5.75 Å². The van der Waals surface area contributed by atoms with E-state index in [4.69, 9.17) is 4.74 Å². The molecule has 0 aliphatic rings. The van der Waals surface area contributed by atoms with E-state index in [1.54, 1.807) is 6.07 Å². The molecule has 0 spiro atoms. The molecule has 5 heteroatoms. The fourth-order valence-electron chi connectivity index (χ4n) is 1.71. The highest BCUT2D eigenvalue weighted by atomic mass is 79.9. The Hall–Kier alpha value is -1.75. The van der Waals surface area contributed by atoms with E-state index in [2.05, 4.69) is 15.9 Å². The fraction of sp³-hybridized carbons (Fsp3) is 0.133. The molecule has 2 nitrogen and oxygen atoms in total. The molecular formula is C15H11BrF2O2. The zero-order valence-electron chi connectivity index (χ0n) is 10.6. The number of ether oxygens (including phenoxy) is 1. The quantitative estimate of drug-likeness (QED) is 0.775. The molecule has 0 unspecified atom stereocenters. The van der Waals surface area contributed by atoms with Crippen LogP contribution >= 0.6 is 15.9 Å². The Labute approximate surface area is 123 Å². The van der Waals surface area contributed by atoms with E-state index in [0.717, 1.165) is 22.2 Å². The Balaban J connectivity index is 2.15. The summed E-state index contributed by atoms with van der Waals surface area (Å²) in [5.41, 5.74) is 0.259. The molecule has 0 radical (unpaired) electrons. The molecule has 0 heterocycles. The van der Waals surface area contributed by atoms with Gasteiger partial charge in [-0.15, -0.1) is 0 Å². The largest absolute Gasteiger partial charge is 0.485 e. The first-order valence-electron chi connectivity index (χ1n) is 5.85. The van der Waals surface area contributed by atoms with Gasteiger partial charge in [-0.3, -0.25) is 4.79 Å². The minimum Gasteiger partial charge on any atom is -0.485 e. The summed E-state index contributed by atoms with van der Waals surface area (Å²) in [6.45, 7) is 1.39. The topological polar surface area (TPSA) is 26.3 Å². The lowest BCUT2D eigenvalue weighted by Gasteiger charge is -2.09. The number of hydrogen-bond acceptors (Lipinski definition) is 2. The highest BCUT2D eigenvalue weighted by Crippen LogP contribution is 2.23. The molecule has 0 atom stereocenters. The number of hydrogen-bond donors (Lipinski definition) is 0. The average molecular weight is 341 g/mol. The summed E-state index contributed by atoms with van der Waals surface area (Å²) in [6, 6.07) is 8.64. The Morgan fingerprint density at radius 3 is 2.50 bits per heavy atom. The monoisotopic (exact) mass is 340 g/mol. The van der Waals surface area contributed by atoms with E-state index in [1.165, 1.54) is 6.07 Å². The number of carbonyl (C=O) groups is 1. The van der Waals surface area contributed by atoms with Crippen LogP contribution in [0.25, 0.3) is 0 Å². The third-order valence-corrected chi connectivity index (χ3v) is 3.24. The van der Waals surface area contributed by atoms with Gasteiger partial charge >= 0.3 is 0 Å². The van der Waals surface area contributed by atoms with Crippen LogP contribution in [0.4, 0.5) is 8.78 Å². The van der Waals surface area contributed by atoms with Crippen molar-refractivity contribution in [3.8, 4) is 5.75 Å². The van der Waals surface area contributed by atoms with Crippen LogP contribution in [0.15, 0.2) is 40.9 Å². The number of ketones is 1. The average Bonchev–Trinajstić information content (AvgIpc) is 2.39. The van der Waals surface area contributed by atoms with Gasteiger partial charge in [-0.1, -0.05) is 28.1 Å². The van der Waals surface area contributed by atoms with Crippen molar-refractivity contribution in [2.24, 2.45) is 0 Å². The van der Waals surface area contributed by atoms with Gasteiger partial charge in [0.05, 0.1) is 5.56 Å². The summed E-state index contributed by atoms with van der Waals surface area (Å²) in [7, 11) is 0. The van der Waals surface area contributed by atoms with Crippen LogP contribution in [0.3, 0.4) is 0 Å². The lowest BCUT2D eigenvalue weighted by Crippen LogP contribution is -2.15.